The van der Waals surface area contributed by atoms with Crippen molar-refractivity contribution in [1.29, 1.82) is 0 Å². The lowest BCUT2D eigenvalue weighted by Crippen LogP contribution is -2.06. The molecule has 0 fully saturated rings. The number of ether oxygens (including phenoxy) is 1. The fourth-order valence-electron chi connectivity index (χ4n) is 0.277. The summed E-state index contributed by atoms with van der Waals surface area (Å²) in [6.07, 6.45) is 0. The predicted octanol–water partition coefficient (Wildman–Crippen LogP) is 1.45. The van der Waals surface area contributed by atoms with Gasteiger partial charge in [0.05, 0.1) is 0 Å². The van der Waals surface area contributed by atoms with Crippen LogP contribution in [0.2, 0.25) is 0 Å². The van der Waals surface area contributed by atoms with Gasteiger partial charge in [-0.2, -0.15) is 0 Å². The lowest BCUT2D eigenvalue weighted by molar-refractivity contribution is -0.144. The molecule has 0 aromatic rings. The van der Waals surface area contributed by atoms with E-state index in [1.807, 2.05) is 0 Å². The number of hydrogen-bond acceptors (Lipinski definition) is 4. The predicted molar refractivity (Wildman–Crippen MR) is 40.4 cm³/mol. The van der Waals surface area contributed by atoms with Crippen LogP contribution in [0.1, 0.15) is 6.92 Å². The van der Waals surface area contributed by atoms with Crippen LogP contribution in [-0.4, -0.2) is 19.4 Å². The van der Waals surface area contributed by atoms with Crippen LogP contribution >= 0.6 is 8.03 Å². The van der Waals surface area contributed by atoms with Gasteiger partial charge < -0.3 is 4.74 Å². The topological polar surface area (TPSA) is 52.6 Å². The van der Waals surface area contributed by atoms with Gasteiger partial charge in [-0.3, -0.25) is 0 Å². The lowest BCUT2D eigenvalue weighted by Gasteiger charge is -1.97. The Morgan fingerprint density at radius 3 is 2.55 bits per heavy atom. The Morgan fingerprint density at radius 2 is 2.18 bits per heavy atom. The molecule has 0 radical (unpaired) electrons. The molecule has 0 saturated carbocycles. The van der Waals surface area contributed by atoms with Crippen LogP contribution in [0.25, 0.3) is 0 Å². The number of carbonyl (C=O) groups is 1. The third-order valence-corrected chi connectivity index (χ3v) is 1.24. The maximum Gasteiger partial charge on any atom is 0.508 e. The second-order valence-electron chi connectivity index (χ2n) is 1.90. The summed E-state index contributed by atoms with van der Waals surface area (Å²) < 4.78 is 19.3. The standard InChI is InChI=1S/C6H10O4P/c1-5(2)6(7)9-4-10-11(3)8/h1,4H2,2-3H3/q+1. The Hall–Kier alpha value is -0.730. The van der Waals surface area contributed by atoms with Gasteiger partial charge in [-0.1, -0.05) is 6.58 Å². The zero-order chi connectivity index (χ0) is 8.85. The summed E-state index contributed by atoms with van der Waals surface area (Å²) in [5.74, 6) is -0.540. The third kappa shape index (κ3) is 5.70. The highest BCUT2D eigenvalue weighted by Gasteiger charge is 2.09. The Morgan fingerprint density at radius 1 is 1.64 bits per heavy atom. The molecule has 0 aromatic carbocycles. The van der Waals surface area contributed by atoms with Crippen molar-refractivity contribution >= 4 is 14.0 Å². The molecule has 0 spiro atoms. The van der Waals surface area contributed by atoms with Crippen molar-refractivity contribution in [3.05, 3.63) is 12.2 Å². The summed E-state index contributed by atoms with van der Waals surface area (Å²) in [7, 11) is -1.71. The first-order valence-electron chi connectivity index (χ1n) is 2.90. The second kappa shape index (κ2) is 4.99. The number of carbonyl (C=O) groups excluding carboxylic acids is 1. The molecule has 0 saturated heterocycles. The Labute approximate surface area is 66.1 Å². The fraction of sp³-hybridized carbons (Fsp3) is 0.500. The van der Waals surface area contributed by atoms with Crippen molar-refractivity contribution in [3.63, 3.8) is 0 Å². The van der Waals surface area contributed by atoms with Crippen LogP contribution in [0.3, 0.4) is 0 Å². The summed E-state index contributed by atoms with van der Waals surface area (Å²) in [6.45, 7) is 5.97. The lowest BCUT2D eigenvalue weighted by atomic mass is 10.4. The molecular formula is C6H10O4P+. The van der Waals surface area contributed by atoms with E-state index in [0.29, 0.717) is 5.57 Å². The number of esters is 1. The van der Waals surface area contributed by atoms with Crippen molar-refractivity contribution in [3.8, 4) is 0 Å². The average Bonchev–Trinajstić information content (AvgIpc) is 1.86. The molecule has 62 valence electrons. The molecule has 1 atom stereocenters. The number of hydrogen-bond donors (Lipinski definition) is 0. The minimum absolute atomic E-state index is 0.280. The molecule has 0 heterocycles. The molecular weight excluding hydrogens is 167 g/mol. The summed E-state index contributed by atoms with van der Waals surface area (Å²) in [6, 6.07) is 0. The third-order valence-electron chi connectivity index (χ3n) is 0.773. The zero-order valence-electron chi connectivity index (χ0n) is 6.49. The Kier molecular flexibility index (Phi) is 4.66. The van der Waals surface area contributed by atoms with Crippen molar-refractivity contribution in [1.82, 2.24) is 0 Å². The first-order valence-corrected chi connectivity index (χ1v) is 4.53. The maximum absolute atomic E-state index is 10.6. The molecule has 1 unspecified atom stereocenters. The first-order chi connectivity index (χ1) is 5.04. The van der Waals surface area contributed by atoms with Crippen LogP contribution in [0.5, 0.6) is 0 Å². The van der Waals surface area contributed by atoms with Crippen LogP contribution < -0.4 is 0 Å². The van der Waals surface area contributed by atoms with Crippen molar-refractivity contribution in [2.24, 2.45) is 0 Å². The minimum atomic E-state index is -1.71. The summed E-state index contributed by atoms with van der Waals surface area (Å²) in [5, 5.41) is 0. The Bertz CT molecular complexity index is 187. The summed E-state index contributed by atoms with van der Waals surface area (Å²) in [5.41, 5.74) is 0.292. The van der Waals surface area contributed by atoms with E-state index in [9.17, 15) is 9.36 Å². The van der Waals surface area contributed by atoms with Crippen LogP contribution in [0, 0.1) is 0 Å². The van der Waals surface area contributed by atoms with Crippen molar-refractivity contribution in [2.75, 3.05) is 13.5 Å². The molecule has 0 bridgehead atoms. The van der Waals surface area contributed by atoms with Gasteiger partial charge in [-0.25, -0.2) is 4.79 Å². The zero-order valence-corrected chi connectivity index (χ0v) is 7.39. The van der Waals surface area contributed by atoms with Gasteiger partial charge in [0.25, 0.3) is 0 Å². The van der Waals surface area contributed by atoms with E-state index in [1.165, 1.54) is 13.6 Å². The molecule has 11 heavy (non-hydrogen) atoms. The van der Waals surface area contributed by atoms with Gasteiger partial charge in [0.1, 0.15) is 0 Å². The molecule has 0 aromatic heterocycles. The van der Waals surface area contributed by atoms with E-state index in [-0.39, 0.29) is 6.79 Å². The van der Waals surface area contributed by atoms with Crippen LogP contribution in [0.4, 0.5) is 0 Å². The van der Waals surface area contributed by atoms with E-state index in [1.54, 1.807) is 0 Å². The van der Waals surface area contributed by atoms with E-state index in [0.717, 1.165) is 0 Å². The molecule has 0 aliphatic carbocycles. The normalized spacial score (nSPS) is 10.5. The minimum Gasteiger partial charge on any atom is -0.430 e. The van der Waals surface area contributed by atoms with Gasteiger partial charge in [0.15, 0.2) is 6.66 Å². The Balaban J connectivity index is 3.47. The molecule has 4 nitrogen and oxygen atoms in total. The van der Waals surface area contributed by atoms with E-state index < -0.39 is 14.0 Å². The number of rotatable bonds is 4. The van der Waals surface area contributed by atoms with Gasteiger partial charge in [-0.15, -0.1) is 4.52 Å². The van der Waals surface area contributed by atoms with E-state index in [4.69, 9.17) is 0 Å². The molecule has 0 amide bonds. The highest BCUT2D eigenvalue weighted by molar-refractivity contribution is 7.38. The maximum atomic E-state index is 10.6. The van der Waals surface area contributed by atoms with E-state index in [2.05, 4.69) is 15.8 Å². The summed E-state index contributed by atoms with van der Waals surface area (Å²) in [4.78, 5) is 10.6. The SMILES string of the molecule is C=C(C)C(=O)OCO[P+](C)=O. The molecule has 0 rings (SSSR count). The largest absolute Gasteiger partial charge is 0.508 e. The monoisotopic (exact) mass is 177 g/mol. The van der Waals surface area contributed by atoms with Crippen molar-refractivity contribution < 1.29 is 18.6 Å². The van der Waals surface area contributed by atoms with Gasteiger partial charge in [0, 0.05) is 5.57 Å². The molecule has 5 heteroatoms. The van der Waals surface area contributed by atoms with Gasteiger partial charge >= 0.3 is 14.0 Å². The van der Waals surface area contributed by atoms with Crippen LogP contribution in [-0.2, 0) is 18.6 Å². The highest BCUT2D eigenvalue weighted by Crippen LogP contribution is 2.14. The highest BCUT2D eigenvalue weighted by atomic mass is 31.1. The molecule has 0 N–H and O–H groups in total. The fourth-order valence-corrected chi connectivity index (χ4v) is 0.478. The molecule has 0 aliphatic heterocycles. The molecule has 0 aliphatic rings. The summed E-state index contributed by atoms with van der Waals surface area (Å²) >= 11 is 0. The van der Waals surface area contributed by atoms with Gasteiger partial charge in [0.2, 0.25) is 6.79 Å². The van der Waals surface area contributed by atoms with E-state index >= 15 is 0 Å². The smallest absolute Gasteiger partial charge is 0.430 e. The quantitative estimate of drug-likeness (QED) is 0.282. The van der Waals surface area contributed by atoms with Gasteiger partial charge in [-0.05, 0) is 11.5 Å². The first kappa shape index (κ1) is 10.3. The van der Waals surface area contributed by atoms with Crippen LogP contribution in [0.15, 0.2) is 12.2 Å². The second-order valence-corrected chi connectivity index (χ2v) is 3.04. The average molecular weight is 177 g/mol. The van der Waals surface area contributed by atoms with Crippen molar-refractivity contribution in [2.45, 2.75) is 6.92 Å².